The number of halogens is 1. The highest BCUT2D eigenvalue weighted by molar-refractivity contribution is 6.20. The summed E-state index contributed by atoms with van der Waals surface area (Å²) in [7, 11) is 0. The summed E-state index contributed by atoms with van der Waals surface area (Å²) < 4.78 is 0. The summed E-state index contributed by atoms with van der Waals surface area (Å²) in [4.78, 5) is 14.5. The Bertz CT molecular complexity index is 453. The van der Waals surface area contributed by atoms with E-state index in [1.807, 2.05) is 32.0 Å². The molecule has 1 amide bonds. The van der Waals surface area contributed by atoms with E-state index in [9.17, 15) is 4.79 Å². The highest BCUT2D eigenvalue weighted by atomic mass is 35.5. The number of hydrogen-bond acceptors (Lipinski definition) is 2. The maximum atomic E-state index is 12.2. The van der Waals surface area contributed by atoms with Crippen LogP contribution in [0.1, 0.15) is 26.7 Å². The number of nitrogens with one attached hydrogen (secondary N) is 1. The number of para-hydroxylation sites is 2. The molecule has 1 aromatic carbocycles. The lowest BCUT2D eigenvalue weighted by Gasteiger charge is -2.25. The van der Waals surface area contributed by atoms with Gasteiger partial charge in [-0.1, -0.05) is 12.1 Å². The Labute approximate surface area is 119 Å². The average Bonchev–Trinajstić information content (AvgIpc) is 2.93. The molecule has 0 spiro atoms. The number of rotatable bonds is 4. The third-order valence-corrected chi connectivity index (χ3v) is 4.22. The van der Waals surface area contributed by atoms with Crippen LogP contribution in [-0.4, -0.2) is 24.9 Å². The molecular formula is C15H21ClN2O. The van der Waals surface area contributed by atoms with Crippen molar-refractivity contribution < 1.29 is 4.79 Å². The molecule has 2 rings (SSSR count). The summed E-state index contributed by atoms with van der Waals surface area (Å²) >= 11 is 5.85. The lowest BCUT2D eigenvalue weighted by Crippen LogP contribution is -2.33. The van der Waals surface area contributed by atoms with Gasteiger partial charge in [-0.05, 0) is 38.8 Å². The molecule has 0 bridgehead atoms. The molecule has 0 aromatic heterocycles. The van der Waals surface area contributed by atoms with Crippen LogP contribution >= 0.6 is 11.6 Å². The molecule has 3 nitrogen and oxygen atoms in total. The van der Waals surface area contributed by atoms with E-state index in [4.69, 9.17) is 11.6 Å². The molecular weight excluding hydrogens is 260 g/mol. The first-order valence-corrected chi connectivity index (χ1v) is 7.29. The SMILES string of the molecule is CC(C)(CCl)C(=O)Nc1ccccc1N1CCCC1. The van der Waals surface area contributed by atoms with Gasteiger partial charge in [-0.3, -0.25) is 4.79 Å². The lowest BCUT2D eigenvalue weighted by atomic mass is 9.95. The summed E-state index contributed by atoms with van der Waals surface area (Å²) in [6.07, 6.45) is 2.44. The zero-order valence-electron chi connectivity index (χ0n) is 11.6. The van der Waals surface area contributed by atoms with Crippen LogP contribution in [0.3, 0.4) is 0 Å². The average molecular weight is 281 g/mol. The van der Waals surface area contributed by atoms with Gasteiger partial charge in [0.2, 0.25) is 5.91 Å². The zero-order valence-corrected chi connectivity index (χ0v) is 12.3. The molecule has 0 atom stereocenters. The molecule has 1 N–H and O–H groups in total. The minimum atomic E-state index is -0.556. The van der Waals surface area contributed by atoms with Gasteiger partial charge >= 0.3 is 0 Å². The number of hydrogen-bond donors (Lipinski definition) is 1. The van der Waals surface area contributed by atoms with Crippen LogP contribution in [0.2, 0.25) is 0 Å². The minimum Gasteiger partial charge on any atom is -0.370 e. The van der Waals surface area contributed by atoms with Gasteiger partial charge in [0.1, 0.15) is 0 Å². The maximum absolute atomic E-state index is 12.2. The predicted molar refractivity (Wildman–Crippen MR) is 81.0 cm³/mol. The number of anilines is 2. The van der Waals surface area contributed by atoms with Crippen molar-refractivity contribution in [3.63, 3.8) is 0 Å². The van der Waals surface area contributed by atoms with Gasteiger partial charge in [0.25, 0.3) is 0 Å². The number of carbonyl (C=O) groups is 1. The number of alkyl halides is 1. The Kier molecular flexibility index (Phi) is 4.35. The fraction of sp³-hybridized carbons (Fsp3) is 0.533. The van der Waals surface area contributed by atoms with Gasteiger partial charge in [0, 0.05) is 19.0 Å². The highest BCUT2D eigenvalue weighted by Crippen LogP contribution is 2.30. The molecule has 1 aliphatic rings. The number of carbonyl (C=O) groups excluding carboxylic acids is 1. The third-order valence-electron chi connectivity index (χ3n) is 3.55. The van der Waals surface area contributed by atoms with Crippen LogP contribution in [0.25, 0.3) is 0 Å². The van der Waals surface area contributed by atoms with Gasteiger partial charge in [-0.25, -0.2) is 0 Å². The van der Waals surface area contributed by atoms with Crippen molar-refractivity contribution in [1.82, 2.24) is 0 Å². The summed E-state index contributed by atoms with van der Waals surface area (Å²) in [5.41, 5.74) is 1.44. The quantitative estimate of drug-likeness (QED) is 0.856. The van der Waals surface area contributed by atoms with Gasteiger partial charge in [-0.15, -0.1) is 11.6 Å². The molecule has 0 saturated carbocycles. The molecule has 0 radical (unpaired) electrons. The summed E-state index contributed by atoms with van der Waals surface area (Å²) in [5, 5.41) is 3.01. The molecule has 1 aromatic rings. The second kappa shape index (κ2) is 5.83. The van der Waals surface area contributed by atoms with Crippen molar-refractivity contribution in [1.29, 1.82) is 0 Å². The van der Waals surface area contributed by atoms with Crippen LogP contribution in [0.4, 0.5) is 11.4 Å². The topological polar surface area (TPSA) is 32.3 Å². The first kappa shape index (κ1) is 14.2. The van der Waals surface area contributed by atoms with E-state index >= 15 is 0 Å². The molecule has 19 heavy (non-hydrogen) atoms. The predicted octanol–water partition coefficient (Wildman–Crippen LogP) is 3.49. The van der Waals surface area contributed by atoms with E-state index in [1.165, 1.54) is 12.8 Å². The van der Waals surface area contributed by atoms with Crippen LogP contribution in [0.5, 0.6) is 0 Å². The third kappa shape index (κ3) is 3.21. The molecule has 104 valence electrons. The van der Waals surface area contributed by atoms with Crippen molar-refractivity contribution in [2.75, 3.05) is 29.2 Å². The normalized spacial score (nSPS) is 15.6. The Morgan fingerprint density at radius 3 is 2.58 bits per heavy atom. The maximum Gasteiger partial charge on any atom is 0.231 e. The summed E-state index contributed by atoms with van der Waals surface area (Å²) in [5.74, 6) is 0.277. The Morgan fingerprint density at radius 1 is 1.32 bits per heavy atom. The zero-order chi connectivity index (χ0) is 13.9. The number of nitrogens with zero attached hydrogens (tertiary/aromatic N) is 1. The first-order chi connectivity index (χ1) is 9.04. The van der Waals surface area contributed by atoms with Gasteiger partial charge in [0.05, 0.1) is 16.8 Å². The molecule has 0 aliphatic carbocycles. The largest absolute Gasteiger partial charge is 0.370 e. The smallest absolute Gasteiger partial charge is 0.231 e. The number of benzene rings is 1. The van der Waals surface area contributed by atoms with Crippen molar-refractivity contribution in [2.24, 2.45) is 5.41 Å². The van der Waals surface area contributed by atoms with E-state index < -0.39 is 5.41 Å². The molecule has 1 aliphatic heterocycles. The van der Waals surface area contributed by atoms with Crippen molar-refractivity contribution in [3.05, 3.63) is 24.3 Å². The summed E-state index contributed by atoms with van der Waals surface area (Å²) in [6, 6.07) is 7.98. The van der Waals surface area contributed by atoms with E-state index in [1.54, 1.807) is 0 Å². The van der Waals surface area contributed by atoms with Crippen molar-refractivity contribution in [2.45, 2.75) is 26.7 Å². The molecule has 1 saturated heterocycles. The second-order valence-corrected chi connectivity index (χ2v) is 5.95. The van der Waals surface area contributed by atoms with Crippen LogP contribution in [0, 0.1) is 5.41 Å². The van der Waals surface area contributed by atoms with Crippen LogP contribution in [0.15, 0.2) is 24.3 Å². The summed E-state index contributed by atoms with van der Waals surface area (Å²) in [6.45, 7) is 5.83. The van der Waals surface area contributed by atoms with Crippen LogP contribution < -0.4 is 10.2 Å². The monoisotopic (exact) mass is 280 g/mol. The van der Waals surface area contributed by atoms with Crippen LogP contribution in [-0.2, 0) is 4.79 Å². The van der Waals surface area contributed by atoms with Gasteiger partial charge < -0.3 is 10.2 Å². The first-order valence-electron chi connectivity index (χ1n) is 6.76. The van der Waals surface area contributed by atoms with Gasteiger partial charge in [0.15, 0.2) is 0 Å². The van der Waals surface area contributed by atoms with Crippen molar-refractivity contribution in [3.8, 4) is 0 Å². The highest BCUT2D eigenvalue weighted by Gasteiger charge is 2.27. The fourth-order valence-corrected chi connectivity index (χ4v) is 2.29. The molecule has 1 heterocycles. The van der Waals surface area contributed by atoms with E-state index in [0.29, 0.717) is 5.88 Å². The van der Waals surface area contributed by atoms with E-state index in [0.717, 1.165) is 24.5 Å². The van der Waals surface area contributed by atoms with E-state index in [2.05, 4.69) is 16.3 Å². The van der Waals surface area contributed by atoms with E-state index in [-0.39, 0.29) is 5.91 Å². The lowest BCUT2D eigenvalue weighted by molar-refractivity contribution is -0.122. The molecule has 4 heteroatoms. The fourth-order valence-electron chi connectivity index (χ4n) is 2.17. The number of amides is 1. The molecule has 0 unspecified atom stereocenters. The van der Waals surface area contributed by atoms with Crippen molar-refractivity contribution >= 4 is 28.9 Å². The standard InChI is InChI=1S/C15H21ClN2O/c1-15(2,11-16)14(19)17-12-7-3-4-8-13(12)18-9-5-6-10-18/h3-4,7-8H,5-6,9-11H2,1-2H3,(H,17,19). The van der Waals surface area contributed by atoms with Gasteiger partial charge in [-0.2, -0.15) is 0 Å². The second-order valence-electron chi connectivity index (χ2n) is 5.68. The Morgan fingerprint density at radius 2 is 1.95 bits per heavy atom. The molecule has 1 fully saturated rings. The minimum absolute atomic E-state index is 0.0332. The Balaban J connectivity index is 2.18. The Hall–Kier alpha value is -1.22.